The first-order valence-electron chi connectivity index (χ1n) is 9.38. The van der Waals surface area contributed by atoms with Crippen molar-refractivity contribution in [2.24, 2.45) is 5.92 Å². The Morgan fingerprint density at radius 3 is 2.48 bits per heavy atom. The van der Waals surface area contributed by atoms with Gasteiger partial charge in [0.05, 0.1) is 13.2 Å². The lowest BCUT2D eigenvalue weighted by atomic mass is 9.89. The van der Waals surface area contributed by atoms with E-state index in [2.05, 4.69) is 11.9 Å². The minimum atomic E-state index is -0.501. The van der Waals surface area contributed by atoms with Crippen molar-refractivity contribution in [3.8, 4) is 5.75 Å². The first-order valence-corrected chi connectivity index (χ1v) is 9.38. The number of ether oxygens (including phenoxy) is 2. The lowest BCUT2D eigenvalue weighted by molar-refractivity contribution is -0.175. The smallest absolute Gasteiger partial charge is 0.255 e. The van der Waals surface area contributed by atoms with Crippen molar-refractivity contribution in [2.45, 2.75) is 43.9 Å². The van der Waals surface area contributed by atoms with Gasteiger partial charge in [0.25, 0.3) is 5.91 Å². The molecule has 25 heavy (non-hydrogen) atoms. The Morgan fingerprint density at radius 2 is 1.88 bits per heavy atom. The molecular formula is C20H28N2O3. The van der Waals surface area contributed by atoms with E-state index >= 15 is 0 Å². The highest BCUT2D eigenvalue weighted by atomic mass is 16.5. The average molecular weight is 344 g/mol. The molecule has 3 fully saturated rings. The highest BCUT2D eigenvalue weighted by Gasteiger charge is 2.58. The summed E-state index contributed by atoms with van der Waals surface area (Å²) < 4.78 is 11.6. The molecule has 0 radical (unpaired) electrons. The van der Waals surface area contributed by atoms with E-state index in [-0.39, 0.29) is 12.0 Å². The number of methoxy groups -OCH3 is 1. The maximum absolute atomic E-state index is 12.9. The van der Waals surface area contributed by atoms with Gasteiger partial charge in [0.15, 0.2) is 0 Å². The van der Waals surface area contributed by atoms with Crippen LogP contribution < -0.4 is 4.74 Å². The van der Waals surface area contributed by atoms with Gasteiger partial charge in [-0.3, -0.25) is 4.79 Å². The molecule has 1 spiro atoms. The topological polar surface area (TPSA) is 42.0 Å². The third-order valence-corrected chi connectivity index (χ3v) is 5.98. The lowest BCUT2D eigenvalue weighted by Gasteiger charge is -2.43. The molecule has 136 valence electrons. The van der Waals surface area contributed by atoms with Crippen LogP contribution in [0.4, 0.5) is 0 Å². The van der Waals surface area contributed by atoms with E-state index in [1.54, 1.807) is 7.11 Å². The first-order chi connectivity index (χ1) is 12.1. The molecule has 0 bridgehead atoms. The summed E-state index contributed by atoms with van der Waals surface area (Å²) in [5, 5.41) is 0. The second-order valence-electron chi connectivity index (χ2n) is 7.83. The minimum Gasteiger partial charge on any atom is -0.497 e. The minimum absolute atomic E-state index is 0.187. The Labute approximate surface area is 149 Å². The fraction of sp³-hybridized carbons (Fsp3) is 0.650. The molecule has 3 aliphatic rings. The van der Waals surface area contributed by atoms with Crippen molar-refractivity contribution in [1.82, 2.24) is 9.80 Å². The van der Waals surface area contributed by atoms with E-state index in [4.69, 9.17) is 9.47 Å². The molecule has 1 unspecified atom stereocenters. The van der Waals surface area contributed by atoms with Crippen LogP contribution in [0.15, 0.2) is 24.3 Å². The Morgan fingerprint density at radius 1 is 1.20 bits per heavy atom. The number of piperidine rings is 1. The summed E-state index contributed by atoms with van der Waals surface area (Å²) in [6, 6.07) is 8.01. The summed E-state index contributed by atoms with van der Waals surface area (Å²) in [6.45, 7) is 3.64. The van der Waals surface area contributed by atoms with Gasteiger partial charge in [-0.2, -0.15) is 0 Å². The second-order valence-corrected chi connectivity index (χ2v) is 7.83. The van der Waals surface area contributed by atoms with E-state index in [0.29, 0.717) is 12.5 Å². The van der Waals surface area contributed by atoms with E-state index < -0.39 is 5.60 Å². The first kappa shape index (κ1) is 16.9. The number of morpholine rings is 1. The van der Waals surface area contributed by atoms with E-state index in [0.717, 1.165) is 43.8 Å². The molecule has 2 heterocycles. The average Bonchev–Trinajstić information content (AvgIpc) is 3.40. The predicted octanol–water partition coefficient (Wildman–Crippen LogP) is 2.30. The molecule has 0 aromatic heterocycles. The Kier molecular flexibility index (Phi) is 4.46. The van der Waals surface area contributed by atoms with Crippen LogP contribution in [0.3, 0.4) is 0 Å². The zero-order valence-electron chi connectivity index (χ0n) is 15.2. The standard InChI is InChI=1S/C20H28N2O3/c1-21-11-7-16(8-12-21)18-14-22(19(23)20(25-18)9-10-20)13-15-3-5-17(24-2)6-4-15/h3-6,16,18H,7-14H2,1-2H3. The van der Waals surface area contributed by atoms with Crippen molar-refractivity contribution in [3.63, 3.8) is 0 Å². The van der Waals surface area contributed by atoms with Crippen LogP contribution >= 0.6 is 0 Å². The fourth-order valence-electron chi connectivity index (χ4n) is 4.14. The summed E-state index contributed by atoms with van der Waals surface area (Å²) in [5.41, 5.74) is 0.646. The van der Waals surface area contributed by atoms with Crippen molar-refractivity contribution < 1.29 is 14.3 Å². The molecule has 1 amide bonds. The van der Waals surface area contributed by atoms with Crippen LogP contribution in [-0.2, 0) is 16.1 Å². The van der Waals surface area contributed by atoms with Crippen LogP contribution in [0, 0.1) is 5.92 Å². The fourth-order valence-corrected chi connectivity index (χ4v) is 4.14. The second kappa shape index (κ2) is 6.61. The van der Waals surface area contributed by atoms with Gasteiger partial charge in [-0.1, -0.05) is 12.1 Å². The normalized spacial score (nSPS) is 26.9. The predicted molar refractivity (Wildman–Crippen MR) is 95.5 cm³/mol. The number of hydrogen-bond acceptors (Lipinski definition) is 4. The highest BCUT2D eigenvalue weighted by Crippen LogP contribution is 2.46. The SMILES string of the molecule is COc1ccc(CN2CC(C3CCN(C)CC3)OC3(CC3)C2=O)cc1. The maximum Gasteiger partial charge on any atom is 0.255 e. The number of likely N-dealkylation sites (tertiary alicyclic amines) is 1. The summed E-state index contributed by atoms with van der Waals surface area (Å²) >= 11 is 0. The van der Waals surface area contributed by atoms with Crippen LogP contribution in [0.2, 0.25) is 0 Å². The van der Waals surface area contributed by atoms with Gasteiger partial charge in [0, 0.05) is 13.1 Å². The molecule has 5 nitrogen and oxygen atoms in total. The third-order valence-electron chi connectivity index (χ3n) is 5.98. The number of nitrogens with zero attached hydrogens (tertiary/aromatic N) is 2. The lowest BCUT2D eigenvalue weighted by Crippen LogP contribution is -2.56. The zero-order chi connectivity index (χ0) is 17.4. The van der Waals surface area contributed by atoms with Gasteiger partial charge < -0.3 is 19.3 Å². The zero-order valence-corrected chi connectivity index (χ0v) is 15.2. The van der Waals surface area contributed by atoms with Gasteiger partial charge in [-0.25, -0.2) is 0 Å². The van der Waals surface area contributed by atoms with E-state index in [1.165, 1.54) is 12.8 Å². The number of hydrogen-bond donors (Lipinski definition) is 0. The molecule has 1 aromatic carbocycles. The molecule has 4 rings (SSSR count). The number of benzene rings is 1. The number of amides is 1. The van der Waals surface area contributed by atoms with Gasteiger partial charge in [0.2, 0.25) is 0 Å². The van der Waals surface area contributed by atoms with Crippen molar-refractivity contribution in [3.05, 3.63) is 29.8 Å². The van der Waals surface area contributed by atoms with E-state index in [1.807, 2.05) is 29.2 Å². The summed E-state index contributed by atoms with van der Waals surface area (Å²) in [6.07, 6.45) is 4.29. The van der Waals surface area contributed by atoms with Crippen molar-refractivity contribution >= 4 is 5.91 Å². The summed E-state index contributed by atoms with van der Waals surface area (Å²) in [5.74, 6) is 1.60. The summed E-state index contributed by atoms with van der Waals surface area (Å²) in [7, 11) is 3.85. The quantitative estimate of drug-likeness (QED) is 0.840. The van der Waals surface area contributed by atoms with Gasteiger partial charge in [-0.05, 0) is 69.4 Å². The number of carbonyl (C=O) groups excluding carboxylic acids is 1. The number of carbonyl (C=O) groups is 1. The Bertz CT molecular complexity index is 618. The Balaban J connectivity index is 1.47. The van der Waals surface area contributed by atoms with Gasteiger partial charge in [-0.15, -0.1) is 0 Å². The van der Waals surface area contributed by atoms with Crippen LogP contribution in [0.5, 0.6) is 5.75 Å². The molecule has 5 heteroatoms. The molecular weight excluding hydrogens is 316 g/mol. The molecule has 1 aromatic rings. The Hall–Kier alpha value is -1.59. The monoisotopic (exact) mass is 344 g/mol. The van der Waals surface area contributed by atoms with Crippen LogP contribution in [0.25, 0.3) is 0 Å². The van der Waals surface area contributed by atoms with Gasteiger partial charge >= 0.3 is 0 Å². The molecule has 2 aliphatic heterocycles. The molecule has 2 saturated heterocycles. The third kappa shape index (κ3) is 3.40. The van der Waals surface area contributed by atoms with E-state index in [9.17, 15) is 4.79 Å². The van der Waals surface area contributed by atoms with Crippen LogP contribution in [0.1, 0.15) is 31.2 Å². The summed E-state index contributed by atoms with van der Waals surface area (Å²) in [4.78, 5) is 17.3. The number of rotatable bonds is 4. The van der Waals surface area contributed by atoms with Crippen molar-refractivity contribution in [1.29, 1.82) is 0 Å². The molecule has 1 saturated carbocycles. The van der Waals surface area contributed by atoms with Crippen molar-refractivity contribution in [2.75, 3.05) is 33.8 Å². The van der Waals surface area contributed by atoms with Crippen LogP contribution in [-0.4, -0.2) is 61.2 Å². The molecule has 1 aliphatic carbocycles. The molecule has 0 N–H and O–H groups in total. The highest BCUT2D eigenvalue weighted by molar-refractivity contribution is 5.88. The largest absolute Gasteiger partial charge is 0.497 e. The maximum atomic E-state index is 12.9. The van der Waals surface area contributed by atoms with Gasteiger partial charge in [0.1, 0.15) is 11.4 Å². The molecule has 1 atom stereocenters.